The smallest absolute Gasteiger partial charge is 0.191 e. The lowest BCUT2D eigenvalue weighted by Crippen LogP contribution is -2.24. The number of nitrogens with one attached hydrogen (secondary N) is 2. The van der Waals surface area contributed by atoms with E-state index in [1.807, 2.05) is 43.3 Å². The molecule has 0 fully saturated rings. The second kappa shape index (κ2) is 7.77. The lowest BCUT2D eigenvalue weighted by molar-refractivity contribution is 0.415. The number of ether oxygens (including phenoxy) is 1. The van der Waals surface area contributed by atoms with Gasteiger partial charge in [0.05, 0.1) is 12.8 Å². The third-order valence-corrected chi connectivity index (χ3v) is 4.03. The zero-order chi connectivity index (χ0) is 17.6. The summed E-state index contributed by atoms with van der Waals surface area (Å²) in [5.41, 5.74) is 5.67. The van der Waals surface area contributed by atoms with Gasteiger partial charge in [0.25, 0.3) is 0 Å². The topological polar surface area (TPSA) is 45.6 Å². The normalized spacial score (nSPS) is 11.2. The standard InChI is InChI=1S/C20H19N3OS/c1-14(16-8-7-15-5-3-4-6-17(15)13-16)22-23-20(25)21-18-9-11-19(24-2)12-10-18/h3-13H,1-2H3,(H2,21,23,25)/b22-14+. The average Bonchev–Trinajstić information content (AvgIpc) is 2.66. The summed E-state index contributed by atoms with van der Waals surface area (Å²) < 4.78 is 5.13. The molecule has 126 valence electrons. The van der Waals surface area contributed by atoms with Crippen LogP contribution in [0.2, 0.25) is 0 Å². The summed E-state index contributed by atoms with van der Waals surface area (Å²) in [6.07, 6.45) is 0. The summed E-state index contributed by atoms with van der Waals surface area (Å²) in [5, 5.41) is 10.3. The molecule has 0 heterocycles. The van der Waals surface area contributed by atoms with Gasteiger partial charge in [-0.3, -0.25) is 5.43 Å². The van der Waals surface area contributed by atoms with Gasteiger partial charge in [0.15, 0.2) is 5.11 Å². The SMILES string of the molecule is COc1ccc(NC(=S)N/N=C(\C)c2ccc3ccccc3c2)cc1. The zero-order valence-corrected chi connectivity index (χ0v) is 14.9. The van der Waals surface area contributed by atoms with Crippen LogP contribution in [0.25, 0.3) is 10.8 Å². The molecule has 4 nitrogen and oxygen atoms in total. The molecular weight excluding hydrogens is 330 g/mol. The summed E-state index contributed by atoms with van der Waals surface area (Å²) in [5.74, 6) is 0.801. The number of fused-ring (bicyclic) bond motifs is 1. The molecule has 3 aromatic rings. The molecule has 0 aromatic heterocycles. The Balaban J connectivity index is 1.65. The van der Waals surface area contributed by atoms with E-state index in [2.05, 4.69) is 46.2 Å². The Morgan fingerprint density at radius 1 is 0.960 bits per heavy atom. The molecule has 0 bridgehead atoms. The Morgan fingerprint density at radius 2 is 1.68 bits per heavy atom. The molecule has 3 rings (SSSR count). The molecule has 0 amide bonds. The monoisotopic (exact) mass is 349 g/mol. The molecule has 0 unspecified atom stereocenters. The van der Waals surface area contributed by atoms with E-state index in [4.69, 9.17) is 17.0 Å². The largest absolute Gasteiger partial charge is 0.497 e. The molecule has 5 heteroatoms. The molecular formula is C20H19N3OS. The Morgan fingerprint density at radius 3 is 2.40 bits per heavy atom. The van der Waals surface area contributed by atoms with E-state index in [0.717, 1.165) is 22.7 Å². The zero-order valence-electron chi connectivity index (χ0n) is 14.1. The first-order chi connectivity index (χ1) is 12.2. The van der Waals surface area contributed by atoms with Gasteiger partial charge < -0.3 is 10.1 Å². The Kier molecular flexibility index (Phi) is 5.26. The molecule has 0 aliphatic rings. The van der Waals surface area contributed by atoms with Gasteiger partial charge in [-0.1, -0.05) is 36.4 Å². The van der Waals surface area contributed by atoms with Gasteiger partial charge in [-0.15, -0.1) is 0 Å². The second-order valence-electron chi connectivity index (χ2n) is 5.55. The summed E-state index contributed by atoms with van der Waals surface area (Å²) in [4.78, 5) is 0. The molecule has 25 heavy (non-hydrogen) atoms. The van der Waals surface area contributed by atoms with Crippen molar-refractivity contribution in [2.75, 3.05) is 12.4 Å². The van der Waals surface area contributed by atoms with Crippen molar-refractivity contribution in [2.45, 2.75) is 6.92 Å². The molecule has 0 spiro atoms. The summed E-state index contributed by atoms with van der Waals surface area (Å²) in [6.45, 7) is 1.95. The van der Waals surface area contributed by atoms with Crippen LogP contribution in [0, 0.1) is 0 Å². The maximum absolute atomic E-state index is 5.28. The first-order valence-electron chi connectivity index (χ1n) is 7.90. The number of hydrogen-bond acceptors (Lipinski definition) is 3. The first kappa shape index (κ1) is 16.9. The fourth-order valence-electron chi connectivity index (χ4n) is 2.45. The van der Waals surface area contributed by atoms with Crippen LogP contribution in [0.5, 0.6) is 5.75 Å². The number of rotatable bonds is 4. The molecule has 0 saturated carbocycles. The van der Waals surface area contributed by atoms with Crippen molar-refractivity contribution in [3.63, 3.8) is 0 Å². The van der Waals surface area contributed by atoms with Crippen LogP contribution in [-0.2, 0) is 0 Å². The summed E-state index contributed by atoms with van der Waals surface area (Å²) in [6, 6.07) is 22.1. The molecule has 2 N–H and O–H groups in total. The molecule has 0 saturated heterocycles. The fourth-order valence-corrected chi connectivity index (χ4v) is 2.61. The van der Waals surface area contributed by atoms with E-state index in [1.165, 1.54) is 10.8 Å². The number of thiocarbonyl (C=S) groups is 1. The first-order valence-corrected chi connectivity index (χ1v) is 8.31. The van der Waals surface area contributed by atoms with Crippen molar-refractivity contribution in [2.24, 2.45) is 5.10 Å². The molecule has 0 radical (unpaired) electrons. The lowest BCUT2D eigenvalue weighted by atomic mass is 10.0. The highest BCUT2D eigenvalue weighted by Crippen LogP contribution is 2.16. The maximum atomic E-state index is 5.28. The summed E-state index contributed by atoms with van der Waals surface area (Å²) >= 11 is 5.28. The van der Waals surface area contributed by atoms with Gasteiger partial charge >= 0.3 is 0 Å². The van der Waals surface area contributed by atoms with Crippen molar-refractivity contribution in [3.05, 3.63) is 72.3 Å². The van der Waals surface area contributed by atoms with Crippen LogP contribution < -0.4 is 15.5 Å². The van der Waals surface area contributed by atoms with E-state index in [0.29, 0.717) is 5.11 Å². The van der Waals surface area contributed by atoms with Crippen LogP contribution in [-0.4, -0.2) is 17.9 Å². The van der Waals surface area contributed by atoms with Crippen molar-refractivity contribution >= 4 is 39.5 Å². The highest BCUT2D eigenvalue weighted by molar-refractivity contribution is 7.80. The molecule has 0 aliphatic heterocycles. The van der Waals surface area contributed by atoms with Crippen molar-refractivity contribution < 1.29 is 4.74 Å². The van der Waals surface area contributed by atoms with Crippen LogP contribution >= 0.6 is 12.2 Å². The maximum Gasteiger partial charge on any atom is 0.191 e. The van der Waals surface area contributed by atoms with Gasteiger partial charge in [-0.05, 0) is 65.8 Å². The van der Waals surface area contributed by atoms with Gasteiger partial charge in [0, 0.05) is 5.69 Å². The van der Waals surface area contributed by atoms with Crippen LogP contribution in [0.15, 0.2) is 71.8 Å². The number of hydrazone groups is 1. The molecule has 3 aromatic carbocycles. The quantitative estimate of drug-likeness (QED) is 0.412. The molecule has 0 atom stereocenters. The lowest BCUT2D eigenvalue weighted by Gasteiger charge is -2.09. The minimum absolute atomic E-state index is 0.435. The van der Waals surface area contributed by atoms with E-state index in [-0.39, 0.29) is 0 Å². The second-order valence-corrected chi connectivity index (χ2v) is 5.96. The van der Waals surface area contributed by atoms with E-state index < -0.39 is 0 Å². The minimum atomic E-state index is 0.435. The van der Waals surface area contributed by atoms with E-state index in [1.54, 1.807) is 7.11 Å². The fraction of sp³-hybridized carbons (Fsp3) is 0.100. The molecule has 0 aliphatic carbocycles. The van der Waals surface area contributed by atoms with Gasteiger partial charge in [-0.25, -0.2) is 0 Å². The van der Waals surface area contributed by atoms with E-state index in [9.17, 15) is 0 Å². The van der Waals surface area contributed by atoms with Crippen LogP contribution in [0.1, 0.15) is 12.5 Å². The third-order valence-electron chi connectivity index (χ3n) is 3.84. The Hall–Kier alpha value is -2.92. The van der Waals surface area contributed by atoms with Gasteiger partial charge in [0.2, 0.25) is 0 Å². The number of methoxy groups -OCH3 is 1. The number of hydrogen-bond donors (Lipinski definition) is 2. The number of benzene rings is 3. The minimum Gasteiger partial charge on any atom is -0.497 e. The van der Waals surface area contributed by atoms with Gasteiger partial charge in [0.1, 0.15) is 5.75 Å². The van der Waals surface area contributed by atoms with Crippen LogP contribution in [0.3, 0.4) is 0 Å². The van der Waals surface area contributed by atoms with E-state index >= 15 is 0 Å². The van der Waals surface area contributed by atoms with Crippen molar-refractivity contribution in [1.82, 2.24) is 5.43 Å². The Bertz CT molecular complexity index is 920. The van der Waals surface area contributed by atoms with Crippen LogP contribution in [0.4, 0.5) is 5.69 Å². The van der Waals surface area contributed by atoms with Crippen molar-refractivity contribution in [3.8, 4) is 5.75 Å². The number of nitrogens with zero attached hydrogens (tertiary/aromatic N) is 1. The number of anilines is 1. The predicted octanol–water partition coefficient (Wildman–Crippen LogP) is 4.56. The highest BCUT2D eigenvalue weighted by Gasteiger charge is 2.01. The summed E-state index contributed by atoms with van der Waals surface area (Å²) in [7, 11) is 1.64. The third kappa shape index (κ3) is 4.33. The average molecular weight is 349 g/mol. The Labute approximate surface area is 152 Å². The highest BCUT2D eigenvalue weighted by atomic mass is 32.1. The van der Waals surface area contributed by atoms with Crippen molar-refractivity contribution in [1.29, 1.82) is 0 Å². The predicted molar refractivity (Wildman–Crippen MR) is 109 cm³/mol. The van der Waals surface area contributed by atoms with Gasteiger partial charge in [-0.2, -0.15) is 5.10 Å².